The van der Waals surface area contributed by atoms with E-state index in [9.17, 15) is 5.11 Å². The predicted octanol–water partition coefficient (Wildman–Crippen LogP) is 4.35. The van der Waals surface area contributed by atoms with Gasteiger partial charge in [-0.05, 0) is 36.5 Å². The molecule has 0 saturated heterocycles. The molecule has 1 atom stereocenters. The monoisotopic (exact) mass is 268 g/mol. The number of benzene rings is 1. The smallest absolute Gasteiger partial charge is 0.120 e. The molecule has 0 bridgehead atoms. The first kappa shape index (κ1) is 13.7. The van der Waals surface area contributed by atoms with Gasteiger partial charge < -0.3 is 9.84 Å². The molecular weight excluding hydrogens is 248 g/mol. The fourth-order valence-electron chi connectivity index (χ4n) is 2.76. The number of hydrogen-bond acceptors (Lipinski definition) is 2. The van der Waals surface area contributed by atoms with Crippen LogP contribution in [0, 0.1) is 5.92 Å². The van der Waals surface area contributed by atoms with Crippen molar-refractivity contribution in [3.05, 3.63) is 28.8 Å². The van der Waals surface area contributed by atoms with Gasteiger partial charge in [0.1, 0.15) is 5.75 Å². The highest BCUT2D eigenvalue weighted by molar-refractivity contribution is 6.31. The quantitative estimate of drug-likeness (QED) is 0.826. The molecule has 100 valence electrons. The molecule has 2 nitrogen and oxygen atoms in total. The Bertz CT molecular complexity index is 384. The molecule has 0 amide bonds. The van der Waals surface area contributed by atoms with E-state index in [4.69, 9.17) is 16.3 Å². The normalized spacial score (nSPS) is 19.3. The molecule has 1 N–H and O–H groups in total. The molecular formula is C15H21ClO2. The largest absolute Gasteiger partial charge is 0.497 e. The minimum absolute atomic E-state index is 0.346. The Labute approximate surface area is 114 Å². The maximum atomic E-state index is 10.5. The van der Waals surface area contributed by atoms with E-state index in [0.29, 0.717) is 10.9 Å². The second kappa shape index (κ2) is 6.44. The standard InChI is InChI=1S/C15H21ClO2/c1-18-12-8-9-13(14(16)10-12)15(17)11-6-4-2-3-5-7-11/h8-11,15,17H,2-7H2,1H3. The zero-order chi connectivity index (χ0) is 13.0. The molecule has 0 aliphatic heterocycles. The van der Waals surface area contributed by atoms with E-state index in [-0.39, 0.29) is 0 Å². The number of aliphatic hydroxyl groups excluding tert-OH is 1. The van der Waals surface area contributed by atoms with Crippen molar-refractivity contribution in [3.8, 4) is 5.75 Å². The van der Waals surface area contributed by atoms with Gasteiger partial charge in [-0.15, -0.1) is 0 Å². The Morgan fingerprint density at radius 3 is 2.44 bits per heavy atom. The molecule has 0 radical (unpaired) electrons. The molecule has 18 heavy (non-hydrogen) atoms. The molecule has 1 fully saturated rings. The lowest BCUT2D eigenvalue weighted by Gasteiger charge is -2.22. The number of rotatable bonds is 3. The first-order chi connectivity index (χ1) is 8.72. The first-order valence-electron chi connectivity index (χ1n) is 6.74. The van der Waals surface area contributed by atoms with E-state index in [0.717, 1.165) is 24.2 Å². The van der Waals surface area contributed by atoms with Crippen molar-refractivity contribution in [2.75, 3.05) is 7.11 Å². The lowest BCUT2D eigenvalue weighted by atomic mass is 9.89. The SMILES string of the molecule is COc1ccc(C(O)C2CCCCCC2)c(Cl)c1. The third kappa shape index (κ3) is 3.18. The summed E-state index contributed by atoms with van der Waals surface area (Å²) in [6.45, 7) is 0. The van der Waals surface area contributed by atoms with Gasteiger partial charge in [0, 0.05) is 0 Å². The summed E-state index contributed by atoms with van der Waals surface area (Å²) in [5, 5.41) is 11.1. The third-order valence-electron chi connectivity index (χ3n) is 3.87. The Morgan fingerprint density at radius 2 is 1.89 bits per heavy atom. The average molecular weight is 269 g/mol. The van der Waals surface area contributed by atoms with Gasteiger partial charge in [-0.25, -0.2) is 0 Å². The van der Waals surface area contributed by atoms with Crippen molar-refractivity contribution in [3.63, 3.8) is 0 Å². The lowest BCUT2D eigenvalue weighted by molar-refractivity contribution is 0.0988. The fourth-order valence-corrected chi connectivity index (χ4v) is 3.04. The van der Waals surface area contributed by atoms with Crippen LogP contribution >= 0.6 is 11.6 Å². The number of methoxy groups -OCH3 is 1. The molecule has 1 aromatic rings. The van der Waals surface area contributed by atoms with Gasteiger partial charge in [0.2, 0.25) is 0 Å². The summed E-state index contributed by atoms with van der Waals surface area (Å²) < 4.78 is 5.13. The van der Waals surface area contributed by atoms with Crippen LogP contribution in [-0.2, 0) is 0 Å². The minimum Gasteiger partial charge on any atom is -0.497 e. The van der Waals surface area contributed by atoms with Crippen LogP contribution < -0.4 is 4.74 Å². The zero-order valence-corrected chi connectivity index (χ0v) is 11.6. The highest BCUT2D eigenvalue weighted by Gasteiger charge is 2.23. The molecule has 2 rings (SSSR count). The van der Waals surface area contributed by atoms with Crippen LogP contribution in [0.1, 0.15) is 50.2 Å². The van der Waals surface area contributed by atoms with Crippen molar-refractivity contribution in [1.82, 2.24) is 0 Å². The van der Waals surface area contributed by atoms with E-state index in [1.807, 2.05) is 12.1 Å². The molecule has 0 aromatic heterocycles. The van der Waals surface area contributed by atoms with E-state index >= 15 is 0 Å². The van der Waals surface area contributed by atoms with Gasteiger partial charge in [0.25, 0.3) is 0 Å². The summed E-state index contributed by atoms with van der Waals surface area (Å²) in [7, 11) is 1.62. The number of hydrogen-bond donors (Lipinski definition) is 1. The molecule has 0 heterocycles. The van der Waals surface area contributed by atoms with Crippen LogP contribution in [0.5, 0.6) is 5.75 Å². The molecule has 1 unspecified atom stereocenters. The molecule has 1 aromatic carbocycles. The van der Waals surface area contributed by atoms with Crippen LogP contribution in [0.3, 0.4) is 0 Å². The molecule has 1 aliphatic rings. The Kier molecular flexibility index (Phi) is 4.90. The highest BCUT2D eigenvalue weighted by atomic mass is 35.5. The second-order valence-electron chi connectivity index (χ2n) is 5.08. The number of aliphatic hydroxyl groups is 1. The van der Waals surface area contributed by atoms with Gasteiger partial charge in [0.15, 0.2) is 0 Å². The second-order valence-corrected chi connectivity index (χ2v) is 5.49. The topological polar surface area (TPSA) is 29.5 Å². The maximum absolute atomic E-state index is 10.5. The van der Waals surface area contributed by atoms with Crippen molar-refractivity contribution in [2.45, 2.75) is 44.6 Å². The Hall–Kier alpha value is -0.730. The maximum Gasteiger partial charge on any atom is 0.120 e. The Balaban J connectivity index is 2.14. The predicted molar refractivity (Wildman–Crippen MR) is 74.2 cm³/mol. The van der Waals surface area contributed by atoms with E-state index in [1.165, 1.54) is 25.7 Å². The summed E-state index contributed by atoms with van der Waals surface area (Å²) in [5.41, 5.74) is 0.837. The van der Waals surface area contributed by atoms with Crippen LogP contribution in [-0.4, -0.2) is 12.2 Å². The van der Waals surface area contributed by atoms with Gasteiger partial charge in [-0.1, -0.05) is 43.4 Å². The molecule has 1 aliphatic carbocycles. The zero-order valence-electron chi connectivity index (χ0n) is 10.9. The lowest BCUT2D eigenvalue weighted by Crippen LogP contribution is -2.12. The van der Waals surface area contributed by atoms with E-state index in [2.05, 4.69) is 0 Å². The van der Waals surface area contributed by atoms with Crippen molar-refractivity contribution >= 4 is 11.6 Å². The number of ether oxygens (including phenoxy) is 1. The van der Waals surface area contributed by atoms with Crippen LogP contribution in [0.25, 0.3) is 0 Å². The van der Waals surface area contributed by atoms with E-state index in [1.54, 1.807) is 13.2 Å². The highest BCUT2D eigenvalue weighted by Crippen LogP contribution is 2.37. The molecule has 0 spiro atoms. The van der Waals surface area contributed by atoms with E-state index < -0.39 is 6.10 Å². The van der Waals surface area contributed by atoms with Gasteiger partial charge in [0.05, 0.1) is 18.2 Å². The van der Waals surface area contributed by atoms with Crippen LogP contribution in [0.15, 0.2) is 18.2 Å². The fraction of sp³-hybridized carbons (Fsp3) is 0.600. The average Bonchev–Trinajstić information content (AvgIpc) is 2.66. The minimum atomic E-state index is -0.443. The first-order valence-corrected chi connectivity index (χ1v) is 7.11. The third-order valence-corrected chi connectivity index (χ3v) is 4.20. The van der Waals surface area contributed by atoms with Crippen molar-refractivity contribution in [2.24, 2.45) is 5.92 Å². The summed E-state index contributed by atoms with van der Waals surface area (Å²) in [4.78, 5) is 0. The summed E-state index contributed by atoms with van der Waals surface area (Å²) in [6.07, 6.45) is 6.78. The van der Waals surface area contributed by atoms with Crippen molar-refractivity contribution in [1.29, 1.82) is 0 Å². The van der Waals surface area contributed by atoms with Gasteiger partial charge in [-0.3, -0.25) is 0 Å². The molecule has 3 heteroatoms. The Morgan fingerprint density at radius 1 is 1.22 bits per heavy atom. The number of halogens is 1. The summed E-state index contributed by atoms with van der Waals surface area (Å²) in [5.74, 6) is 1.08. The molecule has 1 saturated carbocycles. The van der Waals surface area contributed by atoms with Gasteiger partial charge in [-0.2, -0.15) is 0 Å². The summed E-state index contributed by atoms with van der Waals surface area (Å²) >= 11 is 6.22. The van der Waals surface area contributed by atoms with Crippen LogP contribution in [0.4, 0.5) is 0 Å². The summed E-state index contributed by atoms with van der Waals surface area (Å²) in [6, 6.07) is 5.52. The van der Waals surface area contributed by atoms with Gasteiger partial charge >= 0.3 is 0 Å². The van der Waals surface area contributed by atoms with Crippen molar-refractivity contribution < 1.29 is 9.84 Å². The van der Waals surface area contributed by atoms with Crippen LogP contribution in [0.2, 0.25) is 5.02 Å².